The predicted octanol–water partition coefficient (Wildman–Crippen LogP) is 3.05. The fraction of sp³-hybridized carbons (Fsp3) is 0.400. The van der Waals surface area contributed by atoms with Gasteiger partial charge in [0.05, 0.1) is 0 Å². The molecule has 33 heavy (non-hydrogen) atoms. The molecule has 0 radical (unpaired) electrons. The van der Waals surface area contributed by atoms with Crippen molar-refractivity contribution in [3.63, 3.8) is 0 Å². The number of esters is 2. The highest BCUT2D eigenvalue weighted by Gasteiger charge is 2.46. The minimum Gasteiger partial charge on any atom is -0.459 e. The Morgan fingerprint density at radius 3 is 1.97 bits per heavy atom. The van der Waals surface area contributed by atoms with E-state index in [0.717, 1.165) is 11.1 Å². The van der Waals surface area contributed by atoms with E-state index in [9.17, 15) is 14.4 Å². The topological polar surface area (TPSA) is 94.2 Å². The van der Waals surface area contributed by atoms with Crippen LogP contribution in [0.25, 0.3) is 0 Å². The first kappa shape index (κ1) is 24.3. The molecule has 1 amide bonds. The molecule has 1 aliphatic heterocycles. The fourth-order valence-electron chi connectivity index (χ4n) is 3.43. The van der Waals surface area contributed by atoms with Gasteiger partial charge in [-0.05, 0) is 31.9 Å². The Hall–Kier alpha value is -3.39. The van der Waals surface area contributed by atoms with Crippen LogP contribution in [0.5, 0.6) is 0 Å². The lowest BCUT2D eigenvalue weighted by atomic mass is 10.0. The average Bonchev–Trinajstić information content (AvgIpc) is 2.80. The number of rotatable bonds is 6. The quantitative estimate of drug-likeness (QED) is 0.530. The van der Waals surface area contributed by atoms with E-state index in [4.69, 9.17) is 14.2 Å². The molecule has 1 aliphatic rings. The lowest BCUT2D eigenvalue weighted by Gasteiger charge is -2.39. The van der Waals surface area contributed by atoms with E-state index in [0.29, 0.717) is 6.54 Å². The summed E-state index contributed by atoms with van der Waals surface area (Å²) in [6, 6.07) is 16.1. The van der Waals surface area contributed by atoms with Crippen LogP contribution in [0.15, 0.2) is 60.7 Å². The van der Waals surface area contributed by atoms with Crippen LogP contribution in [0, 0.1) is 0 Å². The van der Waals surface area contributed by atoms with Crippen LogP contribution >= 0.6 is 0 Å². The number of nitrogens with zero attached hydrogens (tertiary/aromatic N) is 1. The summed E-state index contributed by atoms with van der Waals surface area (Å²) >= 11 is 0. The highest BCUT2D eigenvalue weighted by Crippen LogP contribution is 2.19. The molecule has 0 bridgehead atoms. The molecule has 1 heterocycles. The van der Waals surface area contributed by atoms with Crippen molar-refractivity contribution < 1.29 is 28.6 Å². The molecule has 2 aromatic rings. The van der Waals surface area contributed by atoms with E-state index >= 15 is 0 Å². The minimum atomic E-state index is -1.22. The van der Waals surface area contributed by atoms with Gasteiger partial charge in [-0.2, -0.15) is 0 Å². The molecule has 2 atom stereocenters. The molecule has 1 saturated heterocycles. The van der Waals surface area contributed by atoms with Gasteiger partial charge in [0.25, 0.3) is 0 Å². The number of carbonyl (C=O) groups is 3. The van der Waals surface area contributed by atoms with Crippen molar-refractivity contribution in [2.45, 2.75) is 51.7 Å². The molecule has 1 fully saturated rings. The van der Waals surface area contributed by atoms with Crippen molar-refractivity contribution in [1.82, 2.24) is 10.2 Å². The monoisotopic (exact) mass is 454 g/mol. The van der Waals surface area contributed by atoms with E-state index in [1.165, 1.54) is 4.90 Å². The number of hydrogen-bond acceptors (Lipinski definition) is 7. The number of nitrogens with one attached hydrogen (secondary N) is 1. The van der Waals surface area contributed by atoms with Crippen molar-refractivity contribution in [1.29, 1.82) is 0 Å². The Kier molecular flexibility index (Phi) is 8.06. The Morgan fingerprint density at radius 1 is 0.879 bits per heavy atom. The summed E-state index contributed by atoms with van der Waals surface area (Å²) in [6.45, 7) is 5.76. The van der Waals surface area contributed by atoms with Crippen molar-refractivity contribution in [3.05, 3.63) is 71.8 Å². The lowest BCUT2D eigenvalue weighted by molar-refractivity contribution is -0.167. The van der Waals surface area contributed by atoms with E-state index in [1.54, 1.807) is 20.8 Å². The lowest BCUT2D eigenvalue weighted by Crippen LogP contribution is -2.66. The van der Waals surface area contributed by atoms with Crippen LogP contribution in [-0.2, 0) is 37.0 Å². The molecule has 0 spiro atoms. The van der Waals surface area contributed by atoms with Gasteiger partial charge < -0.3 is 19.5 Å². The molecule has 0 aromatic heterocycles. The molecular formula is C25H30N2O6. The maximum absolute atomic E-state index is 13.1. The third kappa shape index (κ3) is 7.05. The van der Waals surface area contributed by atoms with E-state index < -0.39 is 35.7 Å². The number of carbonyl (C=O) groups excluding carboxylic acids is 3. The summed E-state index contributed by atoms with van der Waals surface area (Å²) < 4.78 is 16.4. The highest BCUT2D eigenvalue weighted by atomic mass is 16.6. The first-order valence-electron chi connectivity index (χ1n) is 10.9. The second-order valence-electron chi connectivity index (χ2n) is 8.74. The molecule has 8 nitrogen and oxygen atoms in total. The van der Waals surface area contributed by atoms with Gasteiger partial charge in [-0.25, -0.2) is 9.59 Å². The Balaban J connectivity index is 1.76. The zero-order valence-corrected chi connectivity index (χ0v) is 19.2. The molecule has 8 heteroatoms. The van der Waals surface area contributed by atoms with Gasteiger partial charge in [0, 0.05) is 13.1 Å². The second kappa shape index (κ2) is 11.0. The SMILES string of the molecule is CC(C)(C)OC(=O)[C@@H]1NCCN(C(=O)OCc2ccccc2)[C@H]1C(=O)OCc1ccccc1. The number of benzene rings is 2. The largest absolute Gasteiger partial charge is 0.459 e. The molecular weight excluding hydrogens is 424 g/mol. The summed E-state index contributed by atoms with van der Waals surface area (Å²) in [5.41, 5.74) is 0.849. The molecule has 1 N–H and O–H groups in total. The number of amides is 1. The normalized spacial score (nSPS) is 18.3. The number of ether oxygens (including phenoxy) is 3. The smallest absolute Gasteiger partial charge is 0.410 e. The summed E-state index contributed by atoms with van der Waals surface area (Å²) in [6.07, 6.45) is -0.699. The van der Waals surface area contributed by atoms with Crippen LogP contribution in [0.2, 0.25) is 0 Å². The minimum absolute atomic E-state index is 0.0180. The highest BCUT2D eigenvalue weighted by molar-refractivity contribution is 5.90. The van der Waals surface area contributed by atoms with Crippen molar-refractivity contribution >= 4 is 18.0 Å². The van der Waals surface area contributed by atoms with Gasteiger partial charge in [0.1, 0.15) is 24.9 Å². The first-order chi connectivity index (χ1) is 15.7. The molecule has 176 valence electrons. The first-order valence-corrected chi connectivity index (χ1v) is 10.9. The molecule has 0 aliphatic carbocycles. The summed E-state index contributed by atoms with van der Waals surface area (Å²) in [5, 5.41) is 3.00. The van der Waals surface area contributed by atoms with Crippen LogP contribution < -0.4 is 5.32 Å². The van der Waals surface area contributed by atoms with Crippen LogP contribution in [0.1, 0.15) is 31.9 Å². The standard InChI is InChI=1S/C25H30N2O6/c1-25(2,3)33-22(28)20-21(23(29)31-16-18-10-6-4-7-11-18)27(15-14-26-20)24(30)32-17-19-12-8-5-9-13-19/h4-13,20-21,26H,14-17H2,1-3H3/t20-,21-/m1/s1. The van der Waals surface area contributed by atoms with E-state index in [1.807, 2.05) is 60.7 Å². The zero-order valence-electron chi connectivity index (χ0n) is 19.2. The zero-order chi connectivity index (χ0) is 23.8. The Bertz CT molecular complexity index is 942. The molecule has 3 rings (SSSR count). The fourth-order valence-corrected chi connectivity index (χ4v) is 3.43. The van der Waals surface area contributed by atoms with Gasteiger partial charge >= 0.3 is 18.0 Å². The maximum atomic E-state index is 13.1. The van der Waals surface area contributed by atoms with Gasteiger partial charge in [-0.15, -0.1) is 0 Å². The Labute approximate surface area is 193 Å². The molecule has 0 saturated carbocycles. The van der Waals surface area contributed by atoms with E-state index in [2.05, 4.69) is 5.32 Å². The Morgan fingerprint density at radius 2 is 1.42 bits per heavy atom. The summed E-state index contributed by atoms with van der Waals surface area (Å²) in [5.74, 6) is -1.34. The van der Waals surface area contributed by atoms with Crippen molar-refractivity contribution in [2.75, 3.05) is 13.1 Å². The number of piperazine rings is 1. The molecule has 2 aromatic carbocycles. The van der Waals surface area contributed by atoms with Gasteiger partial charge in [0.2, 0.25) is 0 Å². The molecule has 0 unspecified atom stereocenters. The maximum Gasteiger partial charge on any atom is 0.410 e. The van der Waals surface area contributed by atoms with Crippen LogP contribution in [0.4, 0.5) is 4.79 Å². The third-order valence-corrected chi connectivity index (χ3v) is 4.93. The van der Waals surface area contributed by atoms with Gasteiger partial charge in [-0.1, -0.05) is 60.7 Å². The third-order valence-electron chi connectivity index (χ3n) is 4.93. The van der Waals surface area contributed by atoms with Crippen molar-refractivity contribution in [2.24, 2.45) is 0 Å². The van der Waals surface area contributed by atoms with Gasteiger partial charge in [0.15, 0.2) is 6.04 Å². The second-order valence-corrected chi connectivity index (χ2v) is 8.74. The van der Waals surface area contributed by atoms with Crippen LogP contribution in [0.3, 0.4) is 0 Å². The average molecular weight is 455 g/mol. The summed E-state index contributed by atoms with van der Waals surface area (Å²) in [7, 11) is 0. The van der Waals surface area contributed by atoms with Crippen LogP contribution in [-0.4, -0.2) is 53.7 Å². The van der Waals surface area contributed by atoms with Gasteiger partial charge in [-0.3, -0.25) is 9.69 Å². The predicted molar refractivity (Wildman–Crippen MR) is 121 cm³/mol. The summed E-state index contributed by atoms with van der Waals surface area (Å²) in [4.78, 5) is 40.2. The number of hydrogen-bond donors (Lipinski definition) is 1. The van der Waals surface area contributed by atoms with Crippen molar-refractivity contribution in [3.8, 4) is 0 Å². The van der Waals surface area contributed by atoms with E-state index in [-0.39, 0.29) is 19.8 Å².